The summed E-state index contributed by atoms with van der Waals surface area (Å²) in [7, 11) is 1.55. The van der Waals surface area contributed by atoms with Crippen molar-refractivity contribution < 1.29 is 19.1 Å². The van der Waals surface area contributed by atoms with Crippen LogP contribution in [0, 0.1) is 11.3 Å². The van der Waals surface area contributed by atoms with E-state index in [1.54, 1.807) is 79.9 Å². The monoisotopic (exact) mass is 461 g/mol. The number of benzene rings is 3. The van der Waals surface area contributed by atoms with Gasteiger partial charge in [0.2, 0.25) is 0 Å². The van der Waals surface area contributed by atoms with Gasteiger partial charge in [0.25, 0.3) is 11.8 Å². The molecule has 0 heterocycles. The first-order valence-electron chi connectivity index (χ1n) is 9.82. The Morgan fingerprint density at radius 1 is 0.970 bits per heavy atom. The van der Waals surface area contributed by atoms with Gasteiger partial charge in [-0.15, -0.1) is 0 Å². The van der Waals surface area contributed by atoms with E-state index < -0.39 is 5.91 Å². The number of halogens is 1. The van der Waals surface area contributed by atoms with Crippen LogP contribution in [0.1, 0.15) is 5.56 Å². The quantitative estimate of drug-likeness (QED) is 0.366. The summed E-state index contributed by atoms with van der Waals surface area (Å²) in [6, 6.07) is 22.2. The standard InChI is InChI=1S/C25H20ClN3O4/c1-32-22-11-7-20(8-12-22)29-25(31)18(15-27)13-17-5-9-23(10-6-17)33-16-24(30)28-21-4-2-3-19(26)14-21/h2-14H,16H2,1H3,(H,28,30)(H,29,31)/b18-13+. The molecule has 0 spiro atoms. The molecule has 0 aliphatic carbocycles. The fourth-order valence-corrected chi connectivity index (χ4v) is 2.95. The minimum absolute atomic E-state index is 0.0552. The van der Waals surface area contributed by atoms with Crippen LogP contribution in [0.3, 0.4) is 0 Å². The zero-order chi connectivity index (χ0) is 23.6. The molecule has 0 fully saturated rings. The topological polar surface area (TPSA) is 100 Å². The molecule has 0 aromatic heterocycles. The van der Waals surface area contributed by atoms with Gasteiger partial charge in [0.15, 0.2) is 6.61 Å². The number of nitriles is 1. The largest absolute Gasteiger partial charge is 0.497 e. The van der Waals surface area contributed by atoms with Crippen LogP contribution in [-0.2, 0) is 9.59 Å². The van der Waals surface area contributed by atoms with Gasteiger partial charge in [0, 0.05) is 16.4 Å². The summed E-state index contributed by atoms with van der Waals surface area (Å²) in [5.74, 6) is 0.270. The van der Waals surface area contributed by atoms with Crippen LogP contribution >= 0.6 is 11.6 Å². The maximum atomic E-state index is 12.4. The van der Waals surface area contributed by atoms with Crippen LogP contribution in [0.5, 0.6) is 11.5 Å². The smallest absolute Gasteiger partial charge is 0.266 e. The van der Waals surface area contributed by atoms with Crippen LogP contribution in [0.2, 0.25) is 5.02 Å². The molecule has 2 amide bonds. The molecule has 0 bridgehead atoms. The summed E-state index contributed by atoms with van der Waals surface area (Å²) in [4.78, 5) is 24.4. The van der Waals surface area contributed by atoms with Gasteiger partial charge in [-0.05, 0) is 66.2 Å². The Labute approximate surface area is 196 Å². The van der Waals surface area contributed by atoms with Gasteiger partial charge in [-0.1, -0.05) is 29.8 Å². The van der Waals surface area contributed by atoms with E-state index in [2.05, 4.69) is 10.6 Å². The number of hydrogen-bond acceptors (Lipinski definition) is 5. The molecule has 166 valence electrons. The Kier molecular flexibility index (Phi) is 8.06. The molecule has 0 saturated heterocycles. The normalized spacial score (nSPS) is 10.6. The van der Waals surface area contributed by atoms with E-state index in [4.69, 9.17) is 21.1 Å². The predicted molar refractivity (Wildman–Crippen MR) is 127 cm³/mol. The van der Waals surface area contributed by atoms with Crippen LogP contribution in [0.25, 0.3) is 6.08 Å². The Bertz CT molecular complexity index is 1200. The molecule has 0 aliphatic heterocycles. The van der Waals surface area contributed by atoms with Gasteiger partial charge in [0.1, 0.15) is 23.1 Å². The van der Waals surface area contributed by atoms with E-state index in [-0.39, 0.29) is 18.1 Å². The maximum Gasteiger partial charge on any atom is 0.266 e. The van der Waals surface area contributed by atoms with Crippen molar-refractivity contribution in [1.82, 2.24) is 0 Å². The van der Waals surface area contributed by atoms with Crippen LogP contribution < -0.4 is 20.1 Å². The Morgan fingerprint density at radius 2 is 1.67 bits per heavy atom. The summed E-state index contributed by atoms with van der Waals surface area (Å²) in [6.45, 7) is -0.185. The minimum Gasteiger partial charge on any atom is -0.497 e. The molecular weight excluding hydrogens is 442 g/mol. The average Bonchev–Trinajstić information content (AvgIpc) is 2.82. The number of amides is 2. The molecule has 33 heavy (non-hydrogen) atoms. The number of methoxy groups -OCH3 is 1. The molecule has 8 heteroatoms. The number of carbonyl (C=O) groups is 2. The zero-order valence-corrected chi connectivity index (χ0v) is 18.4. The van der Waals surface area contributed by atoms with Crippen molar-refractivity contribution in [2.75, 3.05) is 24.4 Å². The Hall–Kier alpha value is -4.28. The fraction of sp³-hybridized carbons (Fsp3) is 0.0800. The van der Waals surface area contributed by atoms with E-state index in [0.29, 0.717) is 33.5 Å². The van der Waals surface area contributed by atoms with E-state index >= 15 is 0 Å². The van der Waals surface area contributed by atoms with E-state index in [9.17, 15) is 14.9 Å². The maximum absolute atomic E-state index is 12.4. The highest BCUT2D eigenvalue weighted by molar-refractivity contribution is 6.30. The van der Waals surface area contributed by atoms with E-state index in [1.165, 1.54) is 6.08 Å². The number of hydrogen-bond donors (Lipinski definition) is 2. The summed E-state index contributed by atoms with van der Waals surface area (Å²) in [6.07, 6.45) is 1.47. The third-order valence-corrected chi connectivity index (χ3v) is 4.62. The van der Waals surface area contributed by atoms with Crippen molar-refractivity contribution in [1.29, 1.82) is 5.26 Å². The molecule has 3 rings (SSSR count). The van der Waals surface area contributed by atoms with Crippen LogP contribution in [0.15, 0.2) is 78.4 Å². The average molecular weight is 462 g/mol. The van der Waals surface area contributed by atoms with Gasteiger partial charge >= 0.3 is 0 Å². The second-order valence-corrected chi connectivity index (χ2v) is 7.21. The van der Waals surface area contributed by atoms with Crippen LogP contribution in [-0.4, -0.2) is 25.5 Å². The number of carbonyl (C=O) groups excluding carboxylic acids is 2. The van der Waals surface area contributed by atoms with E-state index in [1.807, 2.05) is 6.07 Å². The van der Waals surface area contributed by atoms with Gasteiger partial charge < -0.3 is 20.1 Å². The zero-order valence-electron chi connectivity index (χ0n) is 17.7. The number of ether oxygens (including phenoxy) is 2. The number of nitrogens with zero attached hydrogens (tertiary/aromatic N) is 1. The summed E-state index contributed by atoms with van der Waals surface area (Å²) >= 11 is 5.90. The molecule has 0 saturated carbocycles. The molecule has 0 unspecified atom stereocenters. The second kappa shape index (κ2) is 11.4. The minimum atomic E-state index is -0.527. The lowest BCUT2D eigenvalue weighted by Gasteiger charge is -2.08. The molecule has 3 aromatic carbocycles. The highest BCUT2D eigenvalue weighted by atomic mass is 35.5. The molecule has 0 radical (unpaired) electrons. The van der Waals surface area contributed by atoms with Crippen LogP contribution in [0.4, 0.5) is 11.4 Å². The van der Waals surface area contributed by atoms with Gasteiger partial charge in [-0.25, -0.2) is 0 Å². The lowest BCUT2D eigenvalue weighted by molar-refractivity contribution is -0.118. The SMILES string of the molecule is COc1ccc(NC(=O)/C(C#N)=C/c2ccc(OCC(=O)Nc3cccc(Cl)c3)cc2)cc1. The number of nitrogens with one attached hydrogen (secondary N) is 2. The molecule has 0 atom stereocenters. The predicted octanol–water partition coefficient (Wildman–Crippen LogP) is 4.91. The first kappa shape index (κ1) is 23.4. The summed E-state index contributed by atoms with van der Waals surface area (Å²) in [5.41, 5.74) is 1.70. The van der Waals surface area contributed by atoms with E-state index in [0.717, 1.165) is 0 Å². The highest BCUT2D eigenvalue weighted by Gasteiger charge is 2.10. The molecule has 0 aliphatic rings. The highest BCUT2D eigenvalue weighted by Crippen LogP contribution is 2.18. The fourth-order valence-electron chi connectivity index (χ4n) is 2.76. The van der Waals surface area contributed by atoms with Crippen molar-refractivity contribution in [3.63, 3.8) is 0 Å². The van der Waals surface area contributed by atoms with Gasteiger partial charge in [0.05, 0.1) is 7.11 Å². The number of rotatable bonds is 8. The number of anilines is 2. The first-order valence-corrected chi connectivity index (χ1v) is 10.2. The lowest BCUT2D eigenvalue weighted by Crippen LogP contribution is -2.20. The van der Waals surface area contributed by atoms with Crippen molar-refractivity contribution >= 4 is 40.9 Å². The third kappa shape index (κ3) is 7.13. The summed E-state index contributed by atoms with van der Waals surface area (Å²) in [5, 5.41) is 15.3. The van der Waals surface area contributed by atoms with Crippen molar-refractivity contribution in [3.8, 4) is 17.6 Å². The Morgan fingerprint density at radius 3 is 2.30 bits per heavy atom. The van der Waals surface area contributed by atoms with Crippen molar-refractivity contribution in [3.05, 3.63) is 89.0 Å². The molecule has 7 nitrogen and oxygen atoms in total. The molecule has 2 N–H and O–H groups in total. The molecule has 3 aromatic rings. The lowest BCUT2D eigenvalue weighted by atomic mass is 10.1. The first-order chi connectivity index (χ1) is 16.0. The van der Waals surface area contributed by atoms with Crippen molar-refractivity contribution in [2.45, 2.75) is 0 Å². The third-order valence-electron chi connectivity index (χ3n) is 4.38. The van der Waals surface area contributed by atoms with Gasteiger partial charge in [-0.3, -0.25) is 9.59 Å². The Balaban J connectivity index is 1.56. The summed E-state index contributed by atoms with van der Waals surface area (Å²) < 4.78 is 10.6. The molecular formula is C25H20ClN3O4. The van der Waals surface area contributed by atoms with Gasteiger partial charge in [-0.2, -0.15) is 5.26 Å². The van der Waals surface area contributed by atoms with Crippen molar-refractivity contribution in [2.24, 2.45) is 0 Å². The second-order valence-electron chi connectivity index (χ2n) is 6.77.